The summed E-state index contributed by atoms with van der Waals surface area (Å²) in [6.45, 7) is 4.52. The Morgan fingerprint density at radius 2 is 2.15 bits per heavy atom. The lowest BCUT2D eigenvalue weighted by Gasteiger charge is -2.14. The molecule has 1 unspecified atom stereocenters. The standard InChI is InChI=1S/C16H22N2O2/c1-12-10-18(15-8-4-3-7-14(12)15)11-16(20)17-13(2)6-5-9-19/h3-4,7-8,10,13,19H,5-6,9,11H2,1-2H3,(H,17,20). The monoisotopic (exact) mass is 274 g/mol. The van der Waals surface area contributed by atoms with Gasteiger partial charge < -0.3 is 15.0 Å². The van der Waals surface area contributed by atoms with E-state index in [1.807, 2.05) is 35.9 Å². The quantitative estimate of drug-likeness (QED) is 0.848. The fourth-order valence-electron chi connectivity index (χ4n) is 2.51. The Bertz CT molecular complexity index is 589. The first-order chi connectivity index (χ1) is 9.61. The molecule has 1 aromatic carbocycles. The van der Waals surface area contributed by atoms with Crippen LogP contribution < -0.4 is 5.32 Å². The van der Waals surface area contributed by atoms with Gasteiger partial charge in [-0.25, -0.2) is 0 Å². The lowest BCUT2D eigenvalue weighted by molar-refractivity contribution is -0.122. The summed E-state index contributed by atoms with van der Waals surface area (Å²) in [4.78, 5) is 12.0. The van der Waals surface area contributed by atoms with Gasteiger partial charge in [0.2, 0.25) is 5.91 Å². The molecule has 1 amide bonds. The van der Waals surface area contributed by atoms with Crippen molar-refractivity contribution in [3.8, 4) is 0 Å². The molecule has 108 valence electrons. The van der Waals surface area contributed by atoms with Gasteiger partial charge in [0.15, 0.2) is 0 Å². The number of benzene rings is 1. The van der Waals surface area contributed by atoms with Gasteiger partial charge in [0.05, 0.1) is 0 Å². The van der Waals surface area contributed by atoms with Gasteiger partial charge in [-0.15, -0.1) is 0 Å². The Morgan fingerprint density at radius 3 is 2.90 bits per heavy atom. The molecule has 0 spiro atoms. The van der Waals surface area contributed by atoms with Crippen molar-refractivity contribution in [1.29, 1.82) is 0 Å². The first-order valence-corrected chi connectivity index (χ1v) is 7.06. The Hall–Kier alpha value is -1.81. The van der Waals surface area contributed by atoms with E-state index in [1.165, 1.54) is 10.9 Å². The molecule has 0 saturated carbocycles. The van der Waals surface area contributed by atoms with E-state index in [-0.39, 0.29) is 18.6 Å². The lowest BCUT2D eigenvalue weighted by Crippen LogP contribution is -2.35. The van der Waals surface area contributed by atoms with E-state index in [0.29, 0.717) is 13.0 Å². The van der Waals surface area contributed by atoms with Crippen LogP contribution >= 0.6 is 0 Å². The van der Waals surface area contributed by atoms with Crippen molar-refractivity contribution in [1.82, 2.24) is 9.88 Å². The molecular weight excluding hydrogens is 252 g/mol. The van der Waals surface area contributed by atoms with Crippen LogP contribution in [0.5, 0.6) is 0 Å². The zero-order valence-corrected chi connectivity index (χ0v) is 12.1. The third kappa shape index (κ3) is 3.39. The number of carbonyl (C=O) groups excluding carboxylic acids is 1. The topological polar surface area (TPSA) is 54.3 Å². The van der Waals surface area contributed by atoms with E-state index in [2.05, 4.69) is 18.3 Å². The van der Waals surface area contributed by atoms with E-state index in [0.717, 1.165) is 11.9 Å². The molecule has 4 heteroatoms. The summed E-state index contributed by atoms with van der Waals surface area (Å²) < 4.78 is 1.98. The summed E-state index contributed by atoms with van der Waals surface area (Å²) in [5.41, 5.74) is 2.27. The molecule has 0 aliphatic carbocycles. The molecule has 0 saturated heterocycles. The Labute approximate surface area is 119 Å². The molecule has 1 heterocycles. The third-order valence-corrected chi connectivity index (χ3v) is 3.50. The van der Waals surface area contributed by atoms with Gasteiger partial charge in [0, 0.05) is 29.7 Å². The maximum atomic E-state index is 12.0. The highest BCUT2D eigenvalue weighted by molar-refractivity contribution is 5.86. The number of aryl methyl sites for hydroxylation is 1. The van der Waals surface area contributed by atoms with E-state index in [1.54, 1.807) is 0 Å². The summed E-state index contributed by atoms with van der Waals surface area (Å²) in [5, 5.41) is 12.9. The molecule has 0 bridgehead atoms. The summed E-state index contributed by atoms with van der Waals surface area (Å²) in [7, 11) is 0. The molecular formula is C16H22N2O2. The number of hydrogen-bond donors (Lipinski definition) is 2. The van der Waals surface area contributed by atoms with Crippen LogP contribution in [0.3, 0.4) is 0 Å². The van der Waals surface area contributed by atoms with Gasteiger partial charge in [-0.1, -0.05) is 18.2 Å². The molecule has 0 radical (unpaired) electrons. The minimum atomic E-state index is 0.0104. The van der Waals surface area contributed by atoms with Crippen molar-refractivity contribution in [2.24, 2.45) is 0 Å². The molecule has 1 aromatic heterocycles. The van der Waals surface area contributed by atoms with Crippen LogP contribution in [-0.2, 0) is 11.3 Å². The molecule has 2 N–H and O–H groups in total. The smallest absolute Gasteiger partial charge is 0.240 e. The normalized spacial score (nSPS) is 12.6. The molecule has 2 rings (SSSR count). The second kappa shape index (κ2) is 6.57. The number of carbonyl (C=O) groups is 1. The molecule has 20 heavy (non-hydrogen) atoms. The maximum Gasteiger partial charge on any atom is 0.240 e. The molecule has 1 atom stereocenters. The average Bonchev–Trinajstić information content (AvgIpc) is 2.73. The lowest BCUT2D eigenvalue weighted by atomic mass is 10.2. The van der Waals surface area contributed by atoms with Crippen molar-refractivity contribution < 1.29 is 9.90 Å². The number of aliphatic hydroxyl groups excluding tert-OH is 1. The highest BCUT2D eigenvalue weighted by Crippen LogP contribution is 2.20. The van der Waals surface area contributed by atoms with Crippen LogP contribution in [0.1, 0.15) is 25.3 Å². The van der Waals surface area contributed by atoms with Crippen LogP contribution in [0.25, 0.3) is 10.9 Å². The molecule has 4 nitrogen and oxygen atoms in total. The molecule has 0 aliphatic rings. The Kier molecular flexibility index (Phi) is 4.79. The second-order valence-electron chi connectivity index (χ2n) is 5.29. The van der Waals surface area contributed by atoms with Crippen LogP contribution in [0.15, 0.2) is 30.5 Å². The summed E-state index contributed by atoms with van der Waals surface area (Å²) in [5.74, 6) is 0.0104. The Morgan fingerprint density at radius 1 is 1.40 bits per heavy atom. The summed E-state index contributed by atoms with van der Waals surface area (Å²) in [6, 6.07) is 8.20. The fraction of sp³-hybridized carbons (Fsp3) is 0.438. The van der Waals surface area contributed by atoms with Gasteiger partial charge in [-0.2, -0.15) is 0 Å². The van der Waals surface area contributed by atoms with Crippen molar-refractivity contribution in [3.05, 3.63) is 36.0 Å². The summed E-state index contributed by atoms with van der Waals surface area (Å²) in [6.07, 6.45) is 3.53. The minimum Gasteiger partial charge on any atom is -0.396 e. The number of hydrogen-bond acceptors (Lipinski definition) is 2. The van der Waals surface area contributed by atoms with E-state index >= 15 is 0 Å². The van der Waals surface area contributed by atoms with Crippen molar-refractivity contribution in [2.75, 3.05) is 6.61 Å². The summed E-state index contributed by atoms with van der Waals surface area (Å²) >= 11 is 0. The van der Waals surface area contributed by atoms with Crippen molar-refractivity contribution in [3.63, 3.8) is 0 Å². The van der Waals surface area contributed by atoms with Crippen molar-refractivity contribution >= 4 is 16.8 Å². The number of nitrogens with zero attached hydrogens (tertiary/aromatic N) is 1. The van der Waals surface area contributed by atoms with Crippen LogP contribution in [0.4, 0.5) is 0 Å². The number of aromatic nitrogens is 1. The number of rotatable bonds is 6. The second-order valence-corrected chi connectivity index (χ2v) is 5.29. The predicted molar refractivity (Wildman–Crippen MR) is 80.6 cm³/mol. The van der Waals surface area contributed by atoms with E-state index in [9.17, 15) is 4.79 Å². The highest BCUT2D eigenvalue weighted by atomic mass is 16.3. The maximum absolute atomic E-state index is 12.0. The van der Waals surface area contributed by atoms with Crippen molar-refractivity contribution in [2.45, 2.75) is 39.3 Å². The number of para-hydroxylation sites is 1. The van der Waals surface area contributed by atoms with Gasteiger partial charge in [0.1, 0.15) is 6.54 Å². The van der Waals surface area contributed by atoms with Crippen LogP contribution in [0, 0.1) is 6.92 Å². The van der Waals surface area contributed by atoms with Crippen LogP contribution in [0.2, 0.25) is 0 Å². The first-order valence-electron chi connectivity index (χ1n) is 7.06. The van der Waals surface area contributed by atoms with E-state index < -0.39 is 0 Å². The number of nitrogens with one attached hydrogen (secondary N) is 1. The average molecular weight is 274 g/mol. The fourth-order valence-corrected chi connectivity index (χ4v) is 2.51. The molecule has 2 aromatic rings. The number of aliphatic hydroxyl groups is 1. The van der Waals surface area contributed by atoms with Gasteiger partial charge >= 0.3 is 0 Å². The van der Waals surface area contributed by atoms with Gasteiger partial charge in [0.25, 0.3) is 0 Å². The minimum absolute atomic E-state index is 0.0104. The number of amides is 1. The van der Waals surface area contributed by atoms with Crippen LogP contribution in [-0.4, -0.2) is 28.2 Å². The predicted octanol–water partition coefficient (Wildman–Crippen LogP) is 2.23. The third-order valence-electron chi connectivity index (χ3n) is 3.50. The van der Waals surface area contributed by atoms with Gasteiger partial charge in [-0.3, -0.25) is 4.79 Å². The Balaban J connectivity index is 2.03. The SMILES string of the molecule is Cc1cn(CC(=O)NC(C)CCCO)c2ccccc12. The van der Waals surface area contributed by atoms with E-state index in [4.69, 9.17) is 5.11 Å². The molecule has 0 aliphatic heterocycles. The zero-order valence-electron chi connectivity index (χ0n) is 12.1. The van der Waals surface area contributed by atoms with Gasteiger partial charge in [-0.05, 0) is 38.3 Å². The first kappa shape index (κ1) is 14.6. The largest absolute Gasteiger partial charge is 0.396 e. The zero-order chi connectivity index (χ0) is 14.5. The molecule has 0 fully saturated rings. The number of fused-ring (bicyclic) bond motifs is 1. The highest BCUT2D eigenvalue weighted by Gasteiger charge is 2.10.